The Morgan fingerprint density at radius 1 is 1.23 bits per heavy atom. The molecule has 1 heterocycles. The van der Waals surface area contributed by atoms with Crippen LogP contribution in [0.15, 0.2) is 0 Å². The van der Waals surface area contributed by atoms with Gasteiger partial charge in [0.1, 0.15) is 0 Å². The summed E-state index contributed by atoms with van der Waals surface area (Å²) in [6.45, 7) is 10.1. The average Bonchev–Trinajstić information content (AvgIpc) is 2.63. The minimum Gasteiger partial charge on any atom is -0.370 e. The van der Waals surface area contributed by atoms with E-state index >= 15 is 0 Å². The highest BCUT2D eigenvalue weighted by atomic mass is 16.5. The van der Waals surface area contributed by atoms with Crippen LogP contribution in [0.4, 0.5) is 0 Å². The number of ether oxygens (including phenoxy) is 1. The Hall–Kier alpha value is -0.0800. The highest BCUT2D eigenvalue weighted by molar-refractivity contribution is 4.87. The third kappa shape index (κ3) is 2.96. The molecule has 1 saturated heterocycles. The summed E-state index contributed by atoms with van der Waals surface area (Å²) in [5.41, 5.74) is 0.0380. The monoisotopic (exact) mass is 183 g/mol. The number of hydrogen-bond donors (Lipinski definition) is 0. The Balaban J connectivity index is 1.60. The topological polar surface area (TPSA) is 12.5 Å². The lowest BCUT2D eigenvalue weighted by Crippen LogP contribution is -2.54. The van der Waals surface area contributed by atoms with Crippen LogP contribution in [0.1, 0.15) is 33.6 Å². The van der Waals surface area contributed by atoms with Crippen molar-refractivity contribution >= 4 is 0 Å². The second-order valence-corrected chi connectivity index (χ2v) is 5.51. The van der Waals surface area contributed by atoms with E-state index in [4.69, 9.17) is 4.74 Å². The maximum absolute atomic E-state index is 5.86. The van der Waals surface area contributed by atoms with Crippen LogP contribution in [0, 0.1) is 5.92 Å². The second-order valence-electron chi connectivity index (χ2n) is 5.51. The van der Waals surface area contributed by atoms with E-state index in [9.17, 15) is 0 Å². The van der Waals surface area contributed by atoms with Gasteiger partial charge in [0.25, 0.3) is 0 Å². The van der Waals surface area contributed by atoms with E-state index in [0.717, 1.165) is 19.0 Å². The smallest absolute Gasteiger partial charge is 0.0835 e. The van der Waals surface area contributed by atoms with Crippen LogP contribution in [0.25, 0.3) is 0 Å². The Morgan fingerprint density at radius 2 is 1.85 bits per heavy atom. The summed E-state index contributed by atoms with van der Waals surface area (Å²) in [5.74, 6) is 1.02. The lowest BCUT2D eigenvalue weighted by molar-refractivity contribution is -0.124. The molecule has 0 unspecified atom stereocenters. The number of hydrogen-bond acceptors (Lipinski definition) is 2. The first-order chi connectivity index (χ1) is 6.03. The number of rotatable bonds is 3. The van der Waals surface area contributed by atoms with Crippen molar-refractivity contribution in [2.24, 2.45) is 5.92 Å². The van der Waals surface area contributed by atoms with Crippen molar-refractivity contribution in [1.82, 2.24) is 4.90 Å². The van der Waals surface area contributed by atoms with Gasteiger partial charge in [0.2, 0.25) is 0 Å². The molecule has 13 heavy (non-hydrogen) atoms. The van der Waals surface area contributed by atoms with Gasteiger partial charge in [0, 0.05) is 19.6 Å². The molecule has 2 heteroatoms. The fourth-order valence-corrected chi connectivity index (χ4v) is 1.91. The van der Waals surface area contributed by atoms with Crippen molar-refractivity contribution in [3.05, 3.63) is 0 Å². The average molecular weight is 183 g/mol. The first-order valence-electron chi connectivity index (χ1n) is 5.43. The van der Waals surface area contributed by atoms with Crippen LogP contribution in [0.2, 0.25) is 0 Å². The summed E-state index contributed by atoms with van der Waals surface area (Å²) in [7, 11) is 0. The van der Waals surface area contributed by atoms with Gasteiger partial charge in [-0.25, -0.2) is 0 Å². The maximum atomic E-state index is 5.86. The number of likely N-dealkylation sites (tertiary alicyclic amines) is 1. The first-order valence-corrected chi connectivity index (χ1v) is 5.43. The van der Waals surface area contributed by atoms with Crippen molar-refractivity contribution in [2.45, 2.75) is 45.3 Å². The highest BCUT2D eigenvalue weighted by Crippen LogP contribution is 2.31. The third-order valence-corrected chi connectivity index (χ3v) is 2.66. The van der Waals surface area contributed by atoms with E-state index in [0.29, 0.717) is 6.10 Å². The highest BCUT2D eigenvalue weighted by Gasteiger charge is 2.34. The fourth-order valence-electron chi connectivity index (χ4n) is 1.91. The Kier molecular flexibility index (Phi) is 2.37. The van der Waals surface area contributed by atoms with Crippen LogP contribution >= 0.6 is 0 Å². The predicted molar refractivity (Wildman–Crippen MR) is 53.8 cm³/mol. The molecule has 1 saturated carbocycles. The van der Waals surface area contributed by atoms with E-state index < -0.39 is 0 Å². The lowest BCUT2D eigenvalue weighted by Gasteiger charge is -2.42. The van der Waals surface area contributed by atoms with E-state index in [1.54, 1.807) is 0 Å². The van der Waals surface area contributed by atoms with E-state index in [1.807, 2.05) is 0 Å². The van der Waals surface area contributed by atoms with Gasteiger partial charge >= 0.3 is 0 Å². The van der Waals surface area contributed by atoms with Gasteiger partial charge in [0.05, 0.1) is 11.7 Å². The number of nitrogens with zero attached hydrogens (tertiary/aromatic N) is 1. The van der Waals surface area contributed by atoms with Crippen LogP contribution in [0.3, 0.4) is 0 Å². The molecule has 2 fully saturated rings. The van der Waals surface area contributed by atoms with Gasteiger partial charge < -0.3 is 4.74 Å². The quantitative estimate of drug-likeness (QED) is 0.662. The molecule has 1 aliphatic heterocycles. The Bertz CT molecular complexity index is 175. The molecule has 0 atom stereocenters. The molecule has 0 aromatic rings. The van der Waals surface area contributed by atoms with E-state index in [-0.39, 0.29) is 5.60 Å². The fraction of sp³-hybridized carbons (Fsp3) is 1.00. The minimum atomic E-state index is 0.0380. The molecule has 0 amide bonds. The van der Waals surface area contributed by atoms with Crippen LogP contribution in [0.5, 0.6) is 0 Å². The molecule has 76 valence electrons. The molecule has 2 rings (SSSR count). The van der Waals surface area contributed by atoms with Crippen LogP contribution < -0.4 is 0 Å². The Morgan fingerprint density at radius 3 is 2.31 bits per heavy atom. The van der Waals surface area contributed by atoms with Gasteiger partial charge in [0.15, 0.2) is 0 Å². The molecule has 1 aliphatic carbocycles. The van der Waals surface area contributed by atoms with Gasteiger partial charge in [-0.1, -0.05) is 0 Å². The van der Waals surface area contributed by atoms with Crippen molar-refractivity contribution in [3.63, 3.8) is 0 Å². The third-order valence-electron chi connectivity index (χ3n) is 2.66. The zero-order chi connectivity index (χ0) is 9.47. The normalized spacial score (nSPS) is 26.1. The summed E-state index contributed by atoms with van der Waals surface area (Å²) in [6.07, 6.45) is 3.42. The molecule has 2 aliphatic rings. The van der Waals surface area contributed by atoms with Crippen molar-refractivity contribution < 1.29 is 4.74 Å². The molecule has 2 nitrogen and oxygen atoms in total. The first kappa shape index (κ1) is 9.47. The largest absolute Gasteiger partial charge is 0.370 e. The molecule has 0 spiro atoms. The molecular formula is C11H21NO. The van der Waals surface area contributed by atoms with Crippen LogP contribution in [-0.4, -0.2) is 36.2 Å². The van der Waals surface area contributed by atoms with Gasteiger partial charge in [-0.15, -0.1) is 0 Å². The summed E-state index contributed by atoms with van der Waals surface area (Å²) in [5, 5.41) is 0. The zero-order valence-electron chi connectivity index (χ0n) is 9.05. The summed E-state index contributed by atoms with van der Waals surface area (Å²) in [4.78, 5) is 2.52. The summed E-state index contributed by atoms with van der Waals surface area (Å²) >= 11 is 0. The molecular weight excluding hydrogens is 162 g/mol. The van der Waals surface area contributed by atoms with Gasteiger partial charge in [-0.2, -0.15) is 0 Å². The zero-order valence-corrected chi connectivity index (χ0v) is 9.05. The summed E-state index contributed by atoms with van der Waals surface area (Å²) in [6, 6.07) is 0. The molecule has 0 bridgehead atoms. The van der Waals surface area contributed by atoms with Crippen molar-refractivity contribution in [3.8, 4) is 0 Å². The van der Waals surface area contributed by atoms with Crippen LogP contribution in [-0.2, 0) is 4.74 Å². The summed E-state index contributed by atoms with van der Waals surface area (Å²) < 4.78 is 5.86. The molecule has 0 aromatic heterocycles. The van der Waals surface area contributed by atoms with Crippen molar-refractivity contribution in [2.75, 3.05) is 19.6 Å². The maximum Gasteiger partial charge on any atom is 0.0835 e. The molecule has 0 N–H and O–H groups in total. The Labute approximate surface area is 81.3 Å². The van der Waals surface area contributed by atoms with E-state index in [2.05, 4.69) is 25.7 Å². The van der Waals surface area contributed by atoms with Crippen molar-refractivity contribution in [1.29, 1.82) is 0 Å². The SMILES string of the molecule is CC(C)(C)OC1CN(CC2CC2)C1. The lowest BCUT2D eigenvalue weighted by atomic mass is 10.1. The molecule has 0 radical (unpaired) electrons. The predicted octanol–water partition coefficient (Wildman–Crippen LogP) is 1.90. The standard InChI is InChI=1S/C11H21NO/c1-11(2,3)13-10-7-12(8-10)6-9-4-5-9/h9-10H,4-8H2,1-3H3. The molecule has 0 aromatic carbocycles. The second kappa shape index (κ2) is 3.25. The van der Waals surface area contributed by atoms with E-state index in [1.165, 1.54) is 19.4 Å². The minimum absolute atomic E-state index is 0.0380. The van der Waals surface area contributed by atoms with Gasteiger partial charge in [-0.05, 0) is 39.5 Å². The van der Waals surface area contributed by atoms with Gasteiger partial charge in [-0.3, -0.25) is 4.90 Å².